The molecule has 1 aliphatic rings. The topological polar surface area (TPSA) is 52.1 Å². The molecule has 0 saturated carbocycles. The van der Waals surface area contributed by atoms with Gasteiger partial charge in [0.25, 0.3) is 0 Å². The average Bonchev–Trinajstić information content (AvgIpc) is 2.93. The lowest BCUT2D eigenvalue weighted by Gasteiger charge is -2.10. The largest absolute Gasteiger partial charge is 0.462 e. The zero-order chi connectivity index (χ0) is 16.5. The van der Waals surface area contributed by atoms with E-state index in [1.807, 2.05) is 61.5 Å². The Morgan fingerprint density at radius 3 is 2.42 bits per heavy atom. The van der Waals surface area contributed by atoms with Crippen molar-refractivity contribution >= 4 is 28.5 Å². The van der Waals surface area contributed by atoms with Gasteiger partial charge in [-0.15, -0.1) is 10.2 Å². The van der Waals surface area contributed by atoms with Crippen molar-refractivity contribution in [2.45, 2.75) is 29.7 Å². The number of esters is 1. The minimum Gasteiger partial charge on any atom is -0.462 e. The summed E-state index contributed by atoms with van der Waals surface area (Å²) in [6, 6.07) is 18.1. The summed E-state index contributed by atoms with van der Waals surface area (Å²) >= 11 is 1.45. The first kappa shape index (κ1) is 15.1. The highest BCUT2D eigenvalue weighted by Gasteiger charge is 2.33. The SMILES string of the molecule is C[C@@H]1C[C@H](Sc2nnc(-c3ccccc3)c3ccccc23)C(=O)O1. The first-order chi connectivity index (χ1) is 11.7. The number of cyclic esters (lactones) is 1. The molecule has 1 fully saturated rings. The molecule has 3 aromatic rings. The highest BCUT2D eigenvalue weighted by Crippen LogP contribution is 2.36. The minimum absolute atomic E-state index is 0.0298. The highest BCUT2D eigenvalue weighted by molar-refractivity contribution is 8.00. The Morgan fingerprint density at radius 1 is 1.00 bits per heavy atom. The van der Waals surface area contributed by atoms with Gasteiger partial charge in [0.05, 0.1) is 0 Å². The quantitative estimate of drug-likeness (QED) is 0.674. The van der Waals surface area contributed by atoms with Crippen LogP contribution in [0.1, 0.15) is 13.3 Å². The van der Waals surface area contributed by atoms with E-state index in [9.17, 15) is 4.79 Å². The smallest absolute Gasteiger partial charge is 0.319 e. The number of hydrogen-bond donors (Lipinski definition) is 0. The van der Waals surface area contributed by atoms with Gasteiger partial charge in [-0.05, 0) is 6.92 Å². The molecule has 0 N–H and O–H groups in total. The zero-order valence-electron chi connectivity index (χ0n) is 13.2. The van der Waals surface area contributed by atoms with Crippen molar-refractivity contribution in [1.82, 2.24) is 10.2 Å². The van der Waals surface area contributed by atoms with Crippen LogP contribution in [0.15, 0.2) is 59.6 Å². The van der Waals surface area contributed by atoms with Crippen molar-refractivity contribution in [3.63, 3.8) is 0 Å². The van der Waals surface area contributed by atoms with Crippen LogP contribution in [0.3, 0.4) is 0 Å². The molecule has 0 radical (unpaired) electrons. The first-order valence-electron chi connectivity index (χ1n) is 7.90. The molecule has 1 aromatic heterocycles. The van der Waals surface area contributed by atoms with Gasteiger partial charge in [-0.3, -0.25) is 4.79 Å². The standard InChI is InChI=1S/C19H16N2O2S/c1-12-11-16(19(22)23-12)24-18-15-10-6-5-9-14(15)17(20-21-18)13-7-3-2-4-8-13/h2-10,12,16H,11H2,1H3/t12-,16+/m1/s1. The van der Waals surface area contributed by atoms with Crippen LogP contribution in [-0.2, 0) is 9.53 Å². The van der Waals surface area contributed by atoms with Gasteiger partial charge >= 0.3 is 5.97 Å². The normalized spacial score (nSPS) is 20.3. The number of carbonyl (C=O) groups excluding carboxylic acids is 1. The number of ether oxygens (including phenoxy) is 1. The Hall–Kier alpha value is -2.40. The van der Waals surface area contributed by atoms with Gasteiger partial charge in [0, 0.05) is 22.8 Å². The minimum atomic E-state index is -0.208. The van der Waals surface area contributed by atoms with Crippen molar-refractivity contribution in [2.75, 3.05) is 0 Å². The van der Waals surface area contributed by atoms with Gasteiger partial charge in [-0.2, -0.15) is 0 Å². The summed E-state index contributed by atoms with van der Waals surface area (Å²) in [5.74, 6) is -0.162. The maximum absolute atomic E-state index is 11.9. The molecule has 5 heteroatoms. The molecule has 0 spiro atoms. The summed E-state index contributed by atoms with van der Waals surface area (Å²) in [5.41, 5.74) is 1.89. The molecular weight excluding hydrogens is 320 g/mol. The number of nitrogens with zero attached hydrogens (tertiary/aromatic N) is 2. The van der Waals surface area contributed by atoms with Crippen LogP contribution >= 0.6 is 11.8 Å². The third-order valence-corrected chi connectivity index (χ3v) is 5.28. The van der Waals surface area contributed by atoms with Crippen LogP contribution in [0.2, 0.25) is 0 Å². The number of rotatable bonds is 3. The van der Waals surface area contributed by atoms with E-state index in [1.165, 1.54) is 11.8 Å². The van der Waals surface area contributed by atoms with Gasteiger partial charge < -0.3 is 4.74 Å². The molecule has 2 heterocycles. The van der Waals surface area contributed by atoms with Crippen LogP contribution in [0, 0.1) is 0 Å². The van der Waals surface area contributed by atoms with Crippen molar-refractivity contribution in [3.05, 3.63) is 54.6 Å². The van der Waals surface area contributed by atoms with E-state index >= 15 is 0 Å². The molecule has 120 valence electrons. The first-order valence-corrected chi connectivity index (χ1v) is 8.78. The fourth-order valence-corrected chi connectivity index (χ4v) is 4.11. The van der Waals surface area contributed by atoms with Crippen LogP contribution in [0.5, 0.6) is 0 Å². The van der Waals surface area contributed by atoms with E-state index in [-0.39, 0.29) is 17.3 Å². The van der Waals surface area contributed by atoms with Crippen LogP contribution in [0.4, 0.5) is 0 Å². The van der Waals surface area contributed by atoms with E-state index in [1.54, 1.807) is 0 Å². The van der Waals surface area contributed by atoms with Crippen molar-refractivity contribution in [2.24, 2.45) is 0 Å². The van der Waals surface area contributed by atoms with Crippen molar-refractivity contribution < 1.29 is 9.53 Å². The van der Waals surface area contributed by atoms with E-state index in [0.717, 1.165) is 27.1 Å². The second-order valence-corrected chi connectivity index (χ2v) is 7.05. The summed E-state index contributed by atoms with van der Waals surface area (Å²) in [7, 11) is 0. The summed E-state index contributed by atoms with van der Waals surface area (Å²) < 4.78 is 5.24. The number of benzene rings is 2. The average molecular weight is 336 g/mol. The lowest BCUT2D eigenvalue weighted by Crippen LogP contribution is -2.10. The molecule has 2 aromatic carbocycles. The molecular formula is C19H16N2O2S. The van der Waals surface area contributed by atoms with Crippen molar-refractivity contribution in [3.8, 4) is 11.3 Å². The molecule has 4 rings (SSSR count). The maximum atomic E-state index is 11.9. The monoisotopic (exact) mass is 336 g/mol. The molecule has 1 aliphatic heterocycles. The molecule has 0 unspecified atom stereocenters. The van der Waals surface area contributed by atoms with E-state index < -0.39 is 0 Å². The maximum Gasteiger partial charge on any atom is 0.319 e. The van der Waals surface area contributed by atoms with Crippen LogP contribution in [0.25, 0.3) is 22.0 Å². The summed E-state index contributed by atoms with van der Waals surface area (Å²) in [6.45, 7) is 1.92. The summed E-state index contributed by atoms with van der Waals surface area (Å²) in [5, 5.41) is 11.5. The third-order valence-electron chi connectivity index (χ3n) is 4.08. The Balaban J connectivity index is 1.78. The molecule has 1 saturated heterocycles. The highest BCUT2D eigenvalue weighted by atomic mass is 32.2. The summed E-state index contributed by atoms with van der Waals surface area (Å²) in [6.07, 6.45) is 0.678. The number of carbonyl (C=O) groups is 1. The predicted octanol–water partition coefficient (Wildman–Crippen LogP) is 4.09. The summed E-state index contributed by atoms with van der Waals surface area (Å²) in [4.78, 5) is 11.9. The number of aromatic nitrogens is 2. The van der Waals surface area contributed by atoms with E-state index in [4.69, 9.17) is 4.74 Å². The molecule has 0 aliphatic carbocycles. The van der Waals surface area contributed by atoms with Gasteiger partial charge in [0.15, 0.2) is 0 Å². The number of fused-ring (bicyclic) bond motifs is 1. The number of thioether (sulfide) groups is 1. The fourth-order valence-electron chi connectivity index (χ4n) is 2.93. The third kappa shape index (κ3) is 2.76. The molecule has 0 bridgehead atoms. The van der Waals surface area contributed by atoms with Gasteiger partial charge in [-0.25, -0.2) is 0 Å². The Labute approximate surface area is 144 Å². The second kappa shape index (κ2) is 6.24. The molecule has 0 amide bonds. The number of hydrogen-bond acceptors (Lipinski definition) is 5. The Morgan fingerprint density at radius 2 is 1.71 bits per heavy atom. The van der Waals surface area contributed by atoms with Gasteiger partial charge in [0.2, 0.25) is 0 Å². The molecule has 4 nitrogen and oxygen atoms in total. The van der Waals surface area contributed by atoms with Gasteiger partial charge in [-0.1, -0.05) is 66.4 Å². The van der Waals surface area contributed by atoms with Crippen LogP contribution in [-0.4, -0.2) is 27.5 Å². The van der Waals surface area contributed by atoms with E-state index in [2.05, 4.69) is 10.2 Å². The second-order valence-electron chi connectivity index (χ2n) is 5.86. The van der Waals surface area contributed by atoms with Gasteiger partial charge in [0.1, 0.15) is 22.1 Å². The molecule has 24 heavy (non-hydrogen) atoms. The van der Waals surface area contributed by atoms with Crippen molar-refractivity contribution in [1.29, 1.82) is 0 Å². The fraction of sp³-hybridized carbons (Fsp3) is 0.211. The Bertz CT molecular complexity index is 898. The lowest BCUT2D eigenvalue weighted by atomic mass is 10.1. The van der Waals surface area contributed by atoms with E-state index in [0.29, 0.717) is 6.42 Å². The lowest BCUT2D eigenvalue weighted by molar-refractivity contribution is -0.140. The predicted molar refractivity (Wildman–Crippen MR) is 94.8 cm³/mol. The Kier molecular flexibility index (Phi) is 3.94. The zero-order valence-corrected chi connectivity index (χ0v) is 14.0. The molecule has 2 atom stereocenters. The van der Waals surface area contributed by atoms with Crippen LogP contribution < -0.4 is 0 Å².